The Morgan fingerprint density at radius 2 is 2.12 bits per heavy atom. The number of hydrogen-bond acceptors (Lipinski definition) is 3. The van der Waals surface area contributed by atoms with Crippen molar-refractivity contribution in [1.29, 1.82) is 5.26 Å². The maximum atomic E-state index is 11.8. The van der Waals surface area contributed by atoms with E-state index in [-0.39, 0.29) is 5.91 Å². The highest BCUT2D eigenvalue weighted by Crippen LogP contribution is 2.06. The predicted molar refractivity (Wildman–Crippen MR) is 66.7 cm³/mol. The van der Waals surface area contributed by atoms with Crippen LogP contribution in [-0.2, 0) is 9.63 Å². The first-order valence-corrected chi connectivity index (χ1v) is 5.37. The van der Waals surface area contributed by atoms with Gasteiger partial charge in [-0.2, -0.15) is 5.26 Å². The van der Waals surface area contributed by atoms with Crippen molar-refractivity contribution in [3.05, 3.63) is 35.5 Å². The number of likely N-dealkylation sites (N-methyl/N-ethyl adjacent to an activating group) is 1. The molecule has 17 heavy (non-hydrogen) atoms. The summed E-state index contributed by atoms with van der Waals surface area (Å²) in [6, 6.07) is 2.02. The molecule has 0 saturated heterocycles. The summed E-state index contributed by atoms with van der Waals surface area (Å²) in [6.07, 6.45) is 7.45. The van der Waals surface area contributed by atoms with E-state index in [2.05, 4.69) is 0 Å². The second kappa shape index (κ2) is 8.31. The lowest BCUT2D eigenvalue weighted by Gasteiger charge is -2.13. The molecule has 0 aromatic heterocycles. The number of nitrogens with zero attached hydrogens (tertiary/aromatic N) is 2. The van der Waals surface area contributed by atoms with Crippen molar-refractivity contribution in [1.82, 2.24) is 5.06 Å². The normalized spacial score (nSPS) is 12.6. The van der Waals surface area contributed by atoms with Gasteiger partial charge in [-0.25, -0.2) is 5.06 Å². The predicted octanol–water partition coefficient (Wildman–Crippen LogP) is 2.37. The Bertz CT molecular complexity index is 387. The van der Waals surface area contributed by atoms with Gasteiger partial charge >= 0.3 is 0 Å². The fourth-order valence-electron chi connectivity index (χ4n) is 1.09. The minimum atomic E-state index is -0.237. The number of hydrogen-bond donors (Lipinski definition) is 0. The zero-order valence-electron chi connectivity index (χ0n) is 10.7. The van der Waals surface area contributed by atoms with E-state index in [0.29, 0.717) is 11.1 Å². The zero-order chi connectivity index (χ0) is 13.3. The maximum absolute atomic E-state index is 11.8. The molecule has 92 valence electrons. The molecule has 0 aliphatic rings. The summed E-state index contributed by atoms with van der Waals surface area (Å²) in [6.45, 7) is 3.71. The van der Waals surface area contributed by atoms with Crippen molar-refractivity contribution in [3.63, 3.8) is 0 Å². The number of rotatable bonds is 5. The monoisotopic (exact) mass is 234 g/mol. The molecule has 0 bridgehead atoms. The lowest BCUT2D eigenvalue weighted by Crippen LogP contribution is -2.26. The number of allylic oxidation sites excluding steroid dienone is 4. The molecule has 0 N–H and O–H groups in total. The molecular weight excluding hydrogens is 216 g/mol. The lowest BCUT2D eigenvalue weighted by molar-refractivity contribution is -0.163. The summed E-state index contributed by atoms with van der Waals surface area (Å²) in [7, 11) is 2.97. The number of nitriles is 1. The summed E-state index contributed by atoms with van der Waals surface area (Å²) in [5.41, 5.74) is 1.02. The van der Waals surface area contributed by atoms with E-state index in [0.717, 1.165) is 11.5 Å². The van der Waals surface area contributed by atoms with Crippen LogP contribution in [0.2, 0.25) is 0 Å². The fraction of sp³-hybridized carbons (Fsp3) is 0.385. The van der Waals surface area contributed by atoms with Crippen LogP contribution in [0.5, 0.6) is 0 Å². The molecule has 0 radical (unpaired) electrons. The first-order valence-electron chi connectivity index (χ1n) is 5.37. The van der Waals surface area contributed by atoms with Gasteiger partial charge < -0.3 is 0 Å². The minimum Gasteiger partial charge on any atom is -0.274 e. The fourth-order valence-corrected chi connectivity index (χ4v) is 1.09. The van der Waals surface area contributed by atoms with Crippen LogP contribution in [0.3, 0.4) is 0 Å². The van der Waals surface area contributed by atoms with Crippen LogP contribution in [-0.4, -0.2) is 25.1 Å². The summed E-state index contributed by atoms with van der Waals surface area (Å²) in [4.78, 5) is 16.7. The Morgan fingerprint density at radius 3 is 2.53 bits per heavy atom. The van der Waals surface area contributed by atoms with Crippen molar-refractivity contribution in [2.24, 2.45) is 0 Å². The number of hydroxylamine groups is 2. The van der Waals surface area contributed by atoms with Crippen molar-refractivity contribution in [3.8, 4) is 6.07 Å². The molecule has 4 nitrogen and oxygen atoms in total. The summed E-state index contributed by atoms with van der Waals surface area (Å²) < 4.78 is 0. The molecule has 0 saturated carbocycles. The highest BCUT2D eigenvalue weighted by atomic mass is 16.7. The molecule has 0 aromatic rings. The molecule has 1 amide bonds. The van der Waals surface area contributed by atoms with Crippen molar-refractivity contribution in [2.45, 2.75) is 20.3 Å². The topological polar surface area (TPSA) is 53.3 Å². The molecule has 0 fully saturated rings. The highest BCUT2D eigenvalue weighted by molar-refractivity contribution is 5.95. The Labute approximate surface area is 102 Å². The number of carbonyl (C=O) groups is 1. The van der Waals surface area contributed by atoms with Crippen LogP contribution in [0.15, 0.2) is 35.5 Å². The first-order chi connectivity index (χ1) is 8.10. The van der Waals surface area contributed by atoms with Crippen molar-refractivity contribution >= 4 is 5.91 Å². The van der Waals surface area contributed by atoms with Crippen molar-refractivity contribution in [2.75, 3.05) is 14.2 Å². The molecule has 0 aromatic carbocycles. The van der Waals surface area contributed by atoms with E-state index in [1.807, 2.05) is 13.0 Å². The standard InChI is InChI=1S/C13H18N2O2/c1-5-7-12(13(16)15(3)17-4)9-8-11(6-2)10-14/h6-9H,5H2,1-4H3/b9-8-,11-6?,12-7+. The van der Waals surface area contributed by atoms with Gasteiger partial charge in [0.1, 0.15) is 0 Å². The lowest BCUT2D eigenvalue weighted by atomic mass is 10.1. The smallest absolute Gasteiger partial charge is 0.274 e. The van der Waals surface area contributed by atoms with Crippen LogP contribution in [0, 0.1) is 11.3 Å². The Balaban J connectivity index is 4.98. The molecule has 0 spiro atoms. The number of amides is 1. The quantitative estimate of drug-likeness (QED) is 0.317. The number of carbonyl (C=O) groups excluding carboxylic acids is 1. The first kappa shape index (κ1) is 15.1. The third-order valence-electron chi connectivity index (χ3n) is 2.11. The molecule has 0 rings (SSSR count). The van der Waals surface area contributed by atoms with Gasteiger partial charge in [0.25, 0.3) is 5.91 Å². The Kier molecular flexibility index (Phi) is 7.40. The van der Waals surface area contributed by atoms with Crippen LogP contribution in [0.4, 0.5) is 0 Å². The van der Waals surface area contributed by atoms with Gasteiger partial charge in [0.2, 0.25) is 0 Å². The maximum Gasteiger partial charge on any atom is 0.276 e. The Morgan fingerprint density at radius 1 is 1.47 bits per heavy atom. The van der Waals surface area contributed by atoms with E-state index in [1.165, 1.54) is 7.11 Å². The van der Waals surface area contributed by atoms with Crippen molar-refractivity contribution < 1.29 is 9.63 Å². The van der Waals surface area contributed by atoms with Gasteiger partial charge in [0.05, 0.1) is 13.2 Å². The molecule has 0 atom stereocenters. The van der Waals surface area contributed by atoms with Gasteiger partial charge in [0.15, 0.2) is 0 Å². The van der Waals surface area contributed by atoms with E-state index in [4.69, 9.17) is 10.1 Å². The molecule has 4 heteroatoms. The highest BCUT2D eigenvalue weighted by Gasteiger charge is 2.11. The summed E-state index contributed by atoms with van der Waals surface area (Å²) in [5.74, 6) is -0.237. The van der Waals surface area contributed by atoms with E-state index < -0.39 is 0 Å². The van der Waals surface area contributed by atoms with Gasteiger partial charge in [-0.15, -0.1) is 0 Å². The molecule has 0 heterocycles. The largest absolute Gasteiger partial charge is 0.276 e. The zero-order valence-corrected chi connectivity index (χ0v) is 10.7. The van der Waals surface area contributed by atoms with E-state index in [9.17, 15) is 4.79 Å². The van der Waals surface area contributed by atoms with E-state index >= 15 is 0 Å². The van der Waals surface area contributed by atoms with Crippen LogP contribution in [0.25, 0.3) is 0 Å². The minimum absolute atomic E-state index is 0.237. The summed E-state index contributed by atoms with van der Waals surface area (Å²) >= 11 is 0. The molecule has 0 aliphatic carbocycles. The van der Waals surface area contributed by atoms with Crippen LogP contribution >= 0.6 is 0 Å². The molecule has 0 aliphatic heterocycles. The SMILES string of the molecule is CC=C(C#N)/C=C\C(=C/CC)C(=O)N(C)OC. The van der Waals surface area contributed by atoms with Crippen LogP contribution in [0.1, 0.15) is 20.3 Å². The molecule has 0 unspecified atom stereocenters. The second-order valence-electron chi connectivity index (χ2n) is 3.24. The van der Waals surface area contributed by atoms with Gasteiger partial charge in [-0.1, -0.05) is 19.1 Å². The summed E-state index contributed by atoms with van der Waals surface area (Å²) in [5, 5.41) is 9.90. The second-order valence-corrected chi connectivity index (χ2v) is 3.24. The third kappa shape index (κ3) is 5.14. The van der Waals surface area contributed by atoms with E-state index in [1.54, 1.807) is 38.3 Å². The Hall–Kier alpha value is -1.86. The van der Waals surface area contributed by atoms with Gasteiger partial charge in [0, 0.05) is 18.2 Å². The van der Waals surface area contributed by atoms with Gasteiger partial charge in [-0.3, -0.25) is 9.63 Å². The third-order valence-corrected chi connectivity index (χ3v) is 2.11. The average Bonchev–Trinajstić information content (AvgIpc) is 2.36. The van der Waals surface area contributed by atoms with Gasteiger partial charge in [-0.05, 0) is 25.5 Å². The average molecular weight is 234 g/mol. The molecular formula is C13H18N2O2. The van der Waals surface area contributed by atoms with Crippen LogP contribution < -0.4 is 0 Å².